The minimum atomic E-state index is -0.205. The quantitative estimate of drug-likeness (QED) is 0.683. The molecule has 2 aliphatic rings. The Balaban J connectivity index is 2.03. The van der Waals surface area contributed by atoms with Gasteiger partial charge in [-0.3, -0.25) is 4.90 Å². The van der Waals surface area contributed by atoms with Crippen molar-refractivity contribution in [1.29, 1.82) is 0 Å². The van der Waals surface area contributed by atoms with Crippen molar-refractivity contribution in [3.63, 3.8) is 0 Å². The van der Waals surface area contributed by atoms with Crippen LogP contribution in [0.5, 0.6) is 0 Å². The highest BCUT2D eigenvalue weighted by Crippen LogP contribution is 2.34. The van der Waals surface area contributed by atoms with Gasteiger partial charge >= 0.3 is 0 Å². The average Bonchev–Trinajstić information content (AvgIpc) is 2.61. The molecule has 1 saturated heterocycles. The third-order valence-corrected chi connectivity index (χ3v) is 3.57. The third kappa shape index (κ3) is 1.27. The molecule has 0 saturated carbocycles. The van der Waals surface area contributed by atoms with Crippen LogP contribution in [0.3, 0.4) is 0 Å². The minimum absolute atomic E-state index is 0.180. The first-order valence-electron chi connectivity index (χ1n) is 5.50. The fourth-order valence-electron chi connectivity index (χ4n) is 2.85. The molecule has 1 aromatic rings. The molecule has 0 spiro atoms. The standard InChI is InChI=1S/C12H16N2O/c1-13-10-5-3-2-4-9(10)8-14-7-6-11(15)12(13)14/h2-5,11-12,15H,6-8H2,1H3. The van der Waals surface area contributed by atoms with Crippen LogP contribution in [0.25, 0.3) is 0 Å². The molecule has 2 atom stereocenters. The monoisotopic (exact) mass is 204 g/mol. The van der Waals surface area contributed by atoms with Crippen LogP contribution in [0.4, 0.5) is 5.69 Å². The van der Waals surface area contributed by atoms with Crippen molar-refractivity contribution < 1.29 is 5.11 Å². The summed E-state index contributed by atoms with van der Waals surface area (Å²) in [6, 6.07) is 8.45. The van der Waals surface area contributed by atoms with E-state index in [1.807, 2.05) is 0 Å². The predicted octanol–water partition coefficient (Wildman–Crippen LogP) is 1.03. The number of likely N-dealkylation sites (N-methyl/N-ethyl adjacent to an activating group) is 1. The largest absolute Gasteiger partial charge is 0.390 e. The van der Waals surface area contributed by atoms with Crippen LogP contribution in [0.15, 0.2) is 24.3 Å². The minimum Gasteiger partial charge on any atom is -0.390 e. The molecule has 0 amide bonds. The van der Waals surface area contributed by atoms with Gasteiger partial charge in [-0.05, 0) is 18.1 Å². The lowest BCUT2D eigenvalue weighted by Gasteiger charge is -2.41. The van der Waals surface area contributed by atoms with Gasteiger partial charge < -0.3 is 10.0 Å². The molecule has 0 radical (unpaired) electrons. The van der Waals surface area contributed by atoms with Gasteiger partial charge in [-0.15, -0.1) is 0 Å². The SMILES string of the molecule is CN1c2ccccc2CN2CCC(O)C21. The maximum Gasteiger partial charge on any atom is 0.109 e. The summed E-state index contributed by atoms with van der Waals surface area (Å²) in [5, 5.41) is 9.94. The van der Waals surface area contributed by atoms with Crippen LogP contribution in [0, 0.1) is 0 Å². The Morgan fingerprint density at radius 1 is 1.33 bits per heavy atom. The maximum absolute atomic E-state index is 9.94. The van der Waals surface area contributed by atoms with E-state index in [9.17, 15) is 5.11 Å². The summed E-state index contributed by atoms with van der Waals surface area (Å²) >= 11 is 0. The van der Waals surface area contributed by atoms with Crippen molar-refractivity contribution in [2.75, 3.05) is 18.5 Å². The van der Waals surface area contributed by atoms with Crippen LogP contribution in [0.2, 0.25) is 0 Å². The molecule has 2 unspecified atom stereocenters. The summed E-state index contributed by atoms with van der Waals surface area (Å²) in [7, 11) is 2.07. The Bertz CT molecular complexity index is 380. The van der Waals surface area contributed by atoms with Gasteiger partial charge in [0.25, 0.3) is 0 Å². The number of aliphatic hydroxyl groups excluding tert-OH is 1. The van der Waals surface area contributed by atoms with E-state index >= 15 is 0 Å². The number of para-hydroxylation sites is 1. The summed E-state index contributed by atoms with van der Waals surface area (Å²) in [6.07, 6.45) is 0.867. The van der Waals surface area contributed by atoms with Crippen LogP contribution in [-0.2, 0) is 6.54 Å². The first-order chi connectivity index (χ1) is 7.27. The topological polar surface area (TPSA) is 26.7 Å². The van der Waals surface area contributed by atoms with E-state index in [4.69, 9.17) is 0 Å². The molecule has 3 nitrogen and oxygen atoms in total. The molecule has 1 fully saturated rings. The van der Waals surface area contributed by atoms with Gasteiger partial charge in [0.1, 0.15) is 6.17 Å². The van der Waals surface area contributed by atoms with Crippen molar-refractivity contribution >= 4 is 5.69 Å². The van der Waals surface area contributed by atoms with Crippen LogP contribution < -0.4 is 4.90 Å². The molecule has 1 N–H and O–H groups in total. The summed E-state index contributed by atoms with van der Waals surface area (Å²) in [6.45, 7) is 1.98. The van der Waals surface area contributed by atoms with E-state index in [0.717, 1.165) is 19.5 Å². The zero-order chi connectivity index (χ0) is 10.4. The lowest BCUT2D eigenvalue weighted by atomic mass is 10.1. The van der Waals surface area contributed by atoms with Gasteiger partial charge in [0.05, 0.1) is 6.10 Å². The Labute approximate surface area is 89.9 Å². The third-order valence-electron chi connectivity index (χ3n) is 3.57. The summed E-state index contributed by atoms with van der Waals surface area (Å²) in [5.74, 6) is 0. The number of fused-ring (bicyclic) bond motifs is 2. The smallest absolute Gasteiger partial charge is 0.109 e. The van der Waals surface area contributed by atoms with Crippen LogP contribution >= 0.6 is 0 Å². The highest BCUT2D eigenvalue weighted by atomic mass is 16.3. The van der Waals surface area contributed by atoms with Gasteiger partial charge in [0.2, 0.25) is 0 Å². The molecule has 0 aliphatic carbocycles. The first kappa shape index (κ1) is 9.19. The molecule has 15 heavy (non-hydrogen) atoms. The Morgan fingerprint density at radius 3 is 3.00 bits per heavy atom. The fourth-order valence-corrected chi connectivity index (χ4v) is 2.85. The number of benzene rings is 1. The van der Waals surface area contributed by atoms with Crippen molar-refractivity contribution in [2.24, 2.45) is 0 Å². The van der Waals surface area contributed by atoms with Gasteiger partial charge in [-0.25, -0.2) is 0 Å². The lowest BCUT2D eigenvalue weighted by Crippen LogP contribution is -2.50. The van der Waals surface area contributed by atoms with Gasteiger partial charge in [-0.1, -0.05) is 18.2 Å². The second kappa shape index (κ2) is 3.22. The second-order valence-corrected chi connectivity index (χ2v) is 4.48. The lowest BCUT2D eigenvalue weighted by molar-refractivity contribution is 0.107. The Morgan fingerprint density at radius 2 is 2.13 bits per heavy atom. The van der Waals surface area contributed by atoms with E-state index in [0.29, 0.717) is 0 Å². The highest BCUT2D eigenvalue weighted by Gasteiger charge is 2.39. The van der Waals surface area contributed by atoms with E-state index in [-0.39, 0.29) is 12.3 Å². The maximum atomic E-state index is 9.94. The number of hydrogen-bond donors (Lipinski definition) is 1. The number of aliphatic hydroxyl groups is 1. The van der Waals surface area contributed by atoms with Gasteiger partial charge in [-0.2, -0.15) is 0 Å². The summed E-state index contributed by atoms with van der Waals surface area (Å²) in [4.78, 5) is 4.56. The number of hydrogen-bond acceptors (Lipinski definition) is 3. The van der Waals surface area contributed by atoms with E-state index in [2.05, 4.69) is 41.1 Å². The normalized spacial score (nSPS) is 30.1. The molecule has 0 aromatic heterocycles. The summed E-state index contributed by atoms with van der Waals surface area (Å²) < 4.78 is 0. The van der Waals surface area contributed by atoms with Crippen molar-refractivity contribution in [3.05, 3.63) is 29.8 Å². The average molecular weight is 204 g/mol. The highest BCUT2D eigenvalue weighted by molar-refractivity contribution is 5.55. The predicted molar refractivity (Wildman–Crippen MR) is 59.7 cm³/mol. The van der Waals surface area contributed by atoms with Crippen LogP contribution in [0.1, 0.15) is 12.0 Å². The van der Waals surface area contributed by atoms with Crippen molar-refractivity contribution in [2.45, 2.75) is 25.2 Å². The van der Waals surface area contributed by atoms with E-state index < -0.39 is 0 Å². The number of rotatable bonds is 0. The van der Waals surface area contributed by atoms with Crippen LogP contribution in [-0.4, -0.2) is 35.9 Å². The Hall–Kier alpha value is -1.06. The van der Waals surface area contributed by atoms with Gasteiger partial charge in [0, 0.05) is 25.8 Å². The molecule has 2 aliphatic heterocycles. The molecule has 3 rings (SSSR count). The zero-order valence-electron chi connectivity index (χ0n) is 8.93. The van der Waals surface area contributed by atoms with Crippen molar-refractivity contribution in [1.82, 2.24) is 4.90 Å². The van der Waals surface area contributed by atoms with Crippen molar-refractivity contribution in [3.8, 4) is 0 Å². The number of nitrogens with zero attached hydrogens (tertiary/aromatic N) is 2. The van der Waals surface area contributed by atoms with E-state index in [1.165, 1.54) is 11.3 Å². The molecular formula is C12H16N2O. The fraction of sp³-hybridized carbons (Fsp3) is 0.500. The van der Waals surface area contributed by atoms with E-state index in [1.54, 1.807) is 0 Å². The number of anilines is 1. The van der Waals surface area contributed by atoms with Gasteiger partial charge in [0.15, 0.2) is 0 Å². The first-order valence-corrected chi connectivity index (χ1v) is 5.50. The second-order valence-electron chi connectivity index (χ2n) is 4.48. The molecule has 1 aromatic carbocycles. The molecular weight excluding hydrogens is 188 g/mol. The Kier molecular flexibility index (Phi) is 1.97. The molecule has 80 valence electrons. The molecule has 0 bridgehead atoms. The zero-order valence-corrected chi connectivity index (χ0v) is 8.93. The molecule has 3 heteroatoms. The molecule has 2 heterocycles. The summed E-state index contributed by atoms with van der Waals surface area (Å²) in [5.41, 5.74) is 2.63.